The highest BCUT2D eigenvalue weighted by Crippen LogP contribution is 2.40. The van der Waals surface area contributed by atoms with E-state index in [1.807, 2.05) is 0 Å². The van der Waals surface area contributed by atoms with Crippen LogP contribution >= 0.6 is 12.2 Å². The SMILES string of the molecule is CCOC1(c2nc(=S)cc(C3CCCC3)[nH]2)CCCCC1. The van der Waals surface area contributed by atoms with Gasteiger partial charge in [-0.2, -0.15) is 0 Å². The maximum Gasteiger partial charge on any atom is 0.140 e. The van der Waals surface area contributed by atoms with Gasteiger partial charge in [0.05, 0.1) is 0 Å². The highest BCUT2D eigenvalue weighted by atomic mass is 32.1. The summed E-state index contributed by atoms with van der Waals surface area (Å²) in [6.45, 7) is 2.81. The number of rotatable bonds is 4. The summed E-state index contributed by atoms with van der Waals surface area (Å²) < 4.78 is 6.91. The van der Waals surface area contributed by atoms with Crippen molar-refractivity contribution in [1.82, 2.24) is 9.97 Å². The van der Waals surface area contributed by atoms with Crippen molar-refractivity contribution in [3.63, 3.8) is 0 Å². The van der Waals surface area contributed by atoms with Crippen LogP contribution in [0.1, 0.15) is 82.1 Å². The van der Waals surface area contributed by atoms with Crippen LogP contribution in [0.25, 0.3) is 0 Å². The summed E-state index contributed by atoms with van der Waals surface area (Å²) in [5.74, 6) is 1.62. The zero-order valence-corrected chi connectivity index (χ0v) is 13.8. The molecule has 0 saturated heterocycles. The zero-order chi connectivity index (χ0) is 14.7. The summed E-state index contributed by atoms with van der Waals surface area (Å²) in [7, 11) is 0. The van der Waals surface area contributed by atoms with E-state index < -0.39 is 0 Å². The van der Waals surface area contributed by atoms with Gasteiger partial charge in [-0.25, -0.2) is 4.98 Å². The monoisotopic (exact) mass is 306 g/mol. The van der Waals surface area contributed by atoms with E-state index in [1.165, 1.54) is 50.6 Å². The third-order valence-electron chi connectivity index (χ3n) is 5.07. The van der Waals surface area contributed by atoms with Gasteiger partial charge in [-0.15, -0.1) is 0 Å². The molecule has 1 aromatic rings. The maximum absolute atomic E-state index is 6.19. The van der Waals surface area contributed by atoms with Crippen molar-refractivity contribution in [3.05, 3.63) is 22.2 Å². The molecule has 3 nitrogen and oxygen atoms in total. The van der Waals surface area contributed by atoms with Gasteiger partial charge in [0.1, 0.15) is 16.1 Å². The van der Waals surface area contributed by atoms with Crippen molar-refractivity contribution in [2.45, 2.75) is 76.2 Å². The molecule has 0 amide bonds. The molecule has 1 N–H and O–H groups in total. The molecule has 0 atom stereocenters. The van der Waals surface area contributed by atoms with Crippen LogP contribution in [0.4, 0.5) is 0 Å². The lowest BCUT2D eigenvalue weighted by molar-refractivity contribution is -0.0769. The molecule has 2 aliphatic rings. The lowest BCUT2D eigenvalue weighted by Gasteiger charge is -2.36. The largest absolute Gasteiger partial charge is 0.367 e. The number of hydrogen-bond acceptors (Lipinski definition) is 3. The summed E-state index contributed by atoms with van der Waals surface area (Å²) in [6.07, 6.45) is 11.1. The Morgan fingerprint density at radius 2 is 1.95 bits per heavy atom. The van der Waals surface area contributed by atoms with Crippen molar-refractivity contribution in [2.75, 3.05) is 6.61 Å². The van der Waals surface area contributed by atoms with Crippen LogP contribution in [0.15, 0.2) is 6.07 Å². The minimum Gasteiger partial charge on any atom is -0.367 e. The van der Waals surface area contributed by atoms with Crippen LogP contribution in [0.5, 0.6) is 0 Å². The lowest BCUT2D eigenvalue weighted by atomic mass is 9.83. The smallest absolute Gasteiger partial charge is 0.140 e. The highest BCUT2D eigenvalue weighted by Gasteiger charge is 2.37. The van der Waals surface area contributed by atoms with Crippen LogP contribution < -0.4 is 0 Å². The van der Waals surface area contributed by atoms with Gasteiger partial charge < -0.3 is 9.72 Å². The van der Waals surface area contributed by atoms with Gasteiger partial charge in [-0.1, -0.05) is 44.3 Å². The van der Waals surface area contributed by atoms with Gasteiger partial charge >= 0.3 is 0 Å². The predicted octanol–water partition coefficient (Wildman–Crippen LogP) is 4.99. The van der Waals surface area contributed by atoms with Crippen LogP contribution in [-0.2, 0) is 10.3 Å². The molecule has 2 aliphatic carbocycles. The van der Waals surface area contributed by atoms with Gasteiger partial charge in [0.2, 0.25) is 0 Å². The number of hydrogen-bond donors (Lipinski definition) is 1. The normalized spacial score (nSPS) is 22.5. The van der Waals surface area contributed by atoms with Crippen molar-refractivity contribution >= 4 is 12.2 Å². The Hall–Kier alpha value is -0.740. The Bertz CT molecular complexity index is 522. The molecule has 0 bridgehead atoms. The summed E-state index contributed by atoms with van der Waals surface area (Å²) in [5, 5.41) is 0. The second-order valence-corrected chi connectivity index (χ2v) is 6.91. The minimum atomic E-state index is -0.227. The first-order valence-electron chi connectivity index (χ1n) is 8.49. The average Bonchev–Trinajstić information content (AvgIpc) is 3.02. The molecule has 0 aromatic carbocycles. The Morgan fingerprint density at radius 3 is 2.62 bits per heavy atom. The van der Waals surface area contributed by atoms with Gasteiger partial charge in [-0.3, -0.25) is 0 Å². The Morgan fingerprint density at radius 1 is 1.24 bits per heavy atom. The first kappa shape index (κ1) is 15.2. The van der Waals surface area contributed by atoms with E-state index in [9.17, 15) is 0 Å². The highest BCUT2D eigenvalue weighted by molar-refractivity contribution is 7.71. The fourth-order valence-electron chi connectivity index (χ4n) is 4.00. The molecule has 0 spiro atoms. The Kier molecular flexibility index (Phi) is 4.75. The number of H-pyrrole nitrogens is 1. The zero-order valence-electron chi connectivity index (χ0n) is 13.0. The van der Waals surface area contributed by atoms with E-state index in [0.717, 1.165) is 29.9 Å². The Balaban J connectivity index is 1.97. The minimum absolute atomic E-state index is 0.227. The number of aromatic amines is 1. The predicted molar refractivity (Wildman–Crippen MR) is 87.0 cm³/mol. The van der Waals surface area contributed by atoms with E-state index in [0.29, 0.717) is 5.92 Å². The van der Waals surface area contributed by atoms with Crippen LogP contribution in [-0.4, -0.2) is 16.6 Å². The van der Waals surface area contributed by atoms with E-state index in [-0.39, 0.29) is 5.60 Å². The van der Waals surface area contributed by atoms with E-state index >= 15 is 0 Å². The second-order valence-electron chi connectivity index (χ2n) is 6.49. The average molecular weight is 306 g/mol. The fourth-order valence-corrected chi connectivity index (χ4v) is 4.22. The molecule has 0 aliphatic heterocycles. The molecule has 1 aromatic heterocycles. The number of nitrogens with zero attached hydrogens (tertiary/aromatic N) is 1. The van der Waals surface area contributed by atoms with Crippen molar-refractivity contribution in [3.8, 4) is 0 Å². The topological polar surface area (TPSA) is 37.9 Å². The van der Waals surface area contributed by atoms with Crippen molar-refractivity contribution in [1.29, 1.82) is 0 Å². The standard InChI is InChI=1S/C17H26N2OS/c1-2-20-17(10-6-3-7-11-17)16-18-14(12-15(21)19-16)13-8-4-5-9-13/h12-13H,2-11H2,1H3,(H,18,19,21). The molecule has 21 heavy (non-hydrogen) atoms. The first-order valence-corrected chi connectivity index (χ1v) is 8.90. The summed E-state index contributed by atoms with van der Waals surface area (Å²) in [4.78, 5) is 8.27. The first-order chi connectivity index (χ1) is 10.2. The quantitative estimate of drug-likeness (QED) is 0.796. The molecular formula is C17H26N2OS. The summed E-state index contributed by atoms with van der Waals surface area (Å²) in [5.41, 5.74) is 1.06. The maximum atomic E-state index is 6.19. The van der Waals surface area contributed by atoms with Gasteiger partial charge in [0.15, 0.2) is 0 Å². The van der Waals surface area contributed by atoms with Crippen LogP contribution in [0.3, 0.4) is 0 Å². The summed E-state index contributed by atoms with van der Waals surface area (Å²) >= 11 is 5.44. The van der Waals surface area contributed by atoms with Crippen LogP contribution in [0, 0.1) is 4.64 Å². The molecule has 2 fully saturated rings. The number of ether oxygens (including phenoxy) is 1. The third kappa shape index (κ3) is 3.21. The van der Waals surface area contributed by atoms with Gasteiger partial charge in [-0.05, 0) is 44.6 Å². The molecule has 0 unspecified atom stereocenters. The third-order valence-corrected chi connectivity index (χ3v) is 5.28. The van der Waals surface area contributed by atoms with Crippen LogP contribution in [0.2, 0.25) is 0 Å². The van der Waals surface area contributed by atoms with Gasteiger partial charge in [0.25, 0.3) is 0 Å². The molecular weight excluding hydrogens is 280 g/mol. The molecule has 116 valence electrons. The fraction of sp³-hybridized carbons (Fsp3) is 0.765. The van der Waals surface area contributed by atoms with E-state index in [2.05, 4.69) is 23.0 Å². The van der Waals surface area contributed by atoms with Crippen molar-refractivity contribution in [2.24, 2.45) is 0 Å². The van der Waals surface area contributed by atoms with E-state index in [4.69, 9.17) is 17.0 Å². The molecule has 0 radical (unpaired) electrons. The Labute approximate surface area is 132 Å². The lowest BCUT2D eigenvalue weighted by Crippen LogP contribution is -2.35. The molecule has 2 saturated carbocycles. The second kappa shape index (κ2) is 6.57. The number of aromatic nitrogens is 2. The van der Waals surface area contributed by atoms with E-state index in [1.54, 1.807) is 0 Å². The molecule has 3 rings (SSSR count). The molecule has 4 heteroatoms. The summed E-state index contributed by atoms with van der Waals surface area (Å²) in [6, 6.07) is 2.07. The van der Waals surface area contributed by atoms with Gasteiger partial charge in [0, 0.05) is 12.3 Å². The number of nitrogens with one attached hydrogen (secondary N) is 1. The molecule has 1 heterocycles. The van der Waals surface area contributed by atoms with Crippen molar-refractivity contribution < 1.29 is 4.74 Å².